The van der Waals surface area contributed by atoms with Gasteiger partial charge in [0, 0.05) is 18.8 Å². The summed E-state index contributed by atoms with van der Waals surface area (Å²) in [6, 6.07) is 0. The van der Waals surface area contributed by atoms with Gasteiger partial charge in [-0.05, 0) is 32.9 Å². The van der Waals surface area contributed by atoms with Crippen LogP contribution in [0.15, 0.2) is 0 Å². The van der Waals surface area contributed by atoms with Gasteiger partial charge in [0.2, 0.25) is 11.8 Å². The zero-order chi connectivity index (χ0) is 13.4. The minimum Gasteiger partial charge on any atom is -0.346 e. The van der Waals surface area contributed by atoms with E-state index in [-0.39, 0.29) is 18.4 Å². The van der Waals surface area contributed by atoms with Gasteiger partial charge in [0.05, 0.1) is 12.3 Å². The highest BCUT2D eigenvalue weighted by atomic mass is 32.2. The molecule has 2 N–H and O–H groups in total. The van der Waals surface area contributed by atoms with Crippen molar-refractivity contribution in [2.75, 3.05) is 39.0 Å². The first-order valence-corrected chi connectivity index (χ1v) is 7.51. The lowest BCUT2D eigenvalue weighted by molar-refractivity contribution is -0.131. The average Bonchev–Trinajstić information content (AvgIpc) is 2.42. The smallest absolute Gasteiger partial charge is 0.241 e. The van der Waals surface area contributed by atoms with Crippen molar-refractivity contribution < 1.29 is 9.59 Å². The molecule has 0 saturated carbocycles. The van der Waals surface area contributed by atoms with E-state index in [1.165, 1.54) is 0 Å². The van der Waals surface area contributed by atoms with Crippen LogP contribution in [0.2, 0.25) is 0 Å². The molecule has 2 amide bonds. The number of hydrogen-bond acceptors (Lipinski definition) is 4. The minimum absolute atomic E-state index is 0.0438. The molecule has 0 atom stereocenters. The third-order valence-electron chi connectivity index (χ3n) is 3.07. The van der Waals surface area contributed by atoms with E-state index in [0.717, 1.165) is 25.9 Å². The quantitative estimate of drug-likeness (QED) is 0.719. The number of likely N-dealkylation sites (N-methyl/N-ethyl adjacent to an activating group) is 1. The summed E-state index contributed by atoms with van der Waals surface area (Å²) in [5, 5.41) is 6.54. The van der Waals surface area contributed by atoms with Gasteiger partial charge in [-0.1, -0.05) is 0 Å². The number of thioether (sulfide) groups is 1. The van der Waals surface area contributed by atoms with Crippen molar-refractivity contribution in [1.82, 2.24) is 15.5 Å². The Bertz CT molecular complexity index is 280. The van der Waals surface area contributed by atoms with Gasteiger partial charge in [0.25, 0.3) is 0 Å². The maximum atomic E-state index is 11.6. The zero-order valence-corrected chi connectivity index (χ0v) is 12.0. The SMILES string of the molecule is CCN(C)C(=O)CNC(=O)CSC1CCNCC1. The van der Waals surface area contributed by atoms with Crippen LogP contribution in [0.1, 0.15) is 19.8 Å². The van der Waals surface area contributed by atoms with Crippen molar-refractivity contribution in [3.05, 3.63) is 0 Å². The summed E-state index contributed by atoms with van der Waals surface area (Å²) in [6.07, 6.45) is 2.24. The molecule has 0 aliphatic carbocycles. The van der Waals surface area contributed by atoms with Crippen LogP contribution in [0.4, 0.5) is 0 Å². The molecule has 18 heavy (non-hydrogen) atoms. The molecule has 0 aromatic heterocycles. The number of piperidine rings is 1. The van der Waals surface area contributed by atoms with Crippen LogP contribution >= 0.6 is 11.8 Å². The van der Waals surface area contributed by atoms with Crippen LogP contribution in [-0.2, 0) is 9.59 Å². The lowest BCUT2D eigenvalue weighted by Gasteiger charge is -2.21. The number of carbonyl (C=O) groups is 2. The molecule has 0 bridgehead atoms. The Morgan fingerprint density at radius 1 is 1.39 bits per heavy atom. The highest BCUT2D eigenvalue weighted by Gasteiger charge is 2.15. The second kappa shape index (κ2) is 8.37. The number of carbonyl (C=O) groups excluding carboxylic acids is 2. The van der Waals surface area contributed by atoms with Crippen LogP contribution in [0.3, 0.4) is 0 Å². The Hall–Kier alpha value is -0.750. The molecule has 0 spiro atoms. The summed E-state index contributed by atoms with van der Waals surface area (Å²) in [5.74, 6) is 0.363. The molecule has 1 saturated heterocycles. The summed E-state index contributed by atoms with van der Waals surface area (Å²) in [4.78, 5) is 24.7. The first-order valence-electron chi connectivity index (χ1n) is 6.46. The molecule has 5 nitrogen and oxygen atoms in total. The lowest BCUT2D eigenvalue weighted by Crippen LogP contribution is -2.39. The van der Waals surface area contributed by atoms with Crippen molar-refractivity contribution in [2.24, 2.45) is 0 Å². The number of nitrogens with zero attached hydrogens (tertiary/aromatic N) is 1. The van der Waals surface area contributed by atoms with E-state index in [0.29, 0.717) is 17.5 Å². The van der Waals surface area contributed by atoms with Crippen LogP contribution in [0.25, 0.3) is 0 Å². The summed E-state index contributed by atoms with van der Waals surface area (Å²) in [6.45, 7) is 4.76. The summed E-state index contributed by atoms with van der Waals surface area (Å²) in [7, 11) is 1.73. The minimum atomic E-state index is -0.0450. The topological polar surface area (TPSA) is 61.4 Å². The van der Waals surface area contributed by atoms with Gasteiger partial charge in [-0.25, -0.2) is 0 Å². The second-order valence-electron chi connectivity index (χ2n) is 4.45. The van der Waals surface area contributed by atoms with Crippen molar-refractivity contribution in [3.8, 4) is 0 Å². The van der Waals surface area contributed by atoms with E-state index in [4.69, 9.17) is 0 Å². The molecule has 0 aromatic carbocycles. The third-order valence-corrected chi connectivity index (χ3v) is 4.44. The van der Waals surface area contributed by atoms with Gasteiger partial charge in [0.1, 0.15) is 0 Å². The van der Waals surface area contributed by atoms with Crippen molar-refractivity contribution >= 4 is 23.6 Å². The first kappa shape index (κ1) is 15.3. The Balaban J connectivity index is 2.11. The van der Waals surface area contributed by atoms with Crippen LogP contribution < -0.4 is 10.6 Å². The summed E-state index contributed by atoms with van der Waals surface area (Å²) >= 11 is 1.69. The molecule has 1 rings (SSSR count). The number of amides is 2. The average molecular weight is 273 g/mol. The molecule has 104 valence electrons. The van der Waals surface area contributed by atoms with Gasteiger partial charge in [-0.2, -0.15) is 0 Å². The van der Waals surface area contributed by atoms with E-state index in [1.54, 1.807) is 23.7 Å². The Kier molecular flexibility index (Phi) is 7.12. The fraction of sp³-hybridized carbons (Fsp3) is 0.833. The maximum absolute atomic E-state index is 11.6. The Labute approximate surface area is 113 Å². The lowest BCUT2D eigenvalue weighted by atomic mass is 10.2. The highest BCUT2D eigenvalue weighted by molar-refractivity contribution is 8.00. The van der Waals surface area contributed by atoms with Crippen molar-refractivity contribution in [2.45, 2.75) is 25.0 Å². The largest absolute Gasteiger partial charge is 0.346 e. The Morgan fingerprint density at radius 3 is 2.67 bits per heavy atom. The predicted octanol–water partition coefficient (Wildman–Crippen LogP) is 0.0661. The van der Waals surface area contributed by atoms with Gasteiger partial charge >= 0.3 is 0 Å². The normalized spacial score (nSPS) is 16.3. The van der Waals surface area contributed by atoms with Gasteiger partial charge in [0.15, 0.2) is 0 Å². The summed E-state index contributed by atoms with van der Waals surface area (Å²) in [5.41, 5.74) is 0. The van der Waals surface area contributed by atoms with E-state index < -0.39 is 0 Å². The Morgan fingerprint density at radius 2 is 2.06 bits per heavy atom. The molecule has 1 aliphatic heterocycles. The number of rotatable bonds is 6. The highest BCUT2D eigenvalue weighted by Crippen LogP contribution is 2.19. The summed E-state index contributed by atoms with van der Waals surface area (Å²) < 4.78 is 0. The third kappa shape index (κ3) is 5.73. The second-order valence-corrected chi connectivity index (χ2v) is 5.73. The standard InChI is InChI=1S/C12H23N3O2S/c1-3-15(2)12(17)8-14-11(16)9-18-10-4-6-13-7-5-10/h10,13H,3-9H2,1-2H3,(H,14,16). The van der Waals surface area contributed by atoms with Gasteiger partial charge < -0.3 is 15.5 Å². The molecule has 1 fully saturated rings. The van der Waals surface area contributed by atoms with Crippen molar-refractivity contribution in [1.29, 1.82) is 0 Å². The molecule has 1 aliphatic rings. The predicted molar refractivity (Wildman–Crippen MR) is 74.7 cm³/mol. The molecule has 1 heterocycles. The van der Waals surface area contributed by atoms with Crippen molar-refractivity contribution in [3.63, 3.8) is 0 Å². The van der Waals surface area contributed by atoms with E-state index in [1.807, 2.05) is 6.92 Å². The fourth-order valence-electron chi connectivity index (χ4n) is 1.69. The first-order chi connectivity index (χ1) is 8.63. The molecular weight excluding hydrogens is 250 g/mol. The van der Waals surface area contributed by atoms with E-state index >= 15 is 0 Å². The molecular formula is C12H23N3O2S. The number of hydrogen-bond donors (Lipinski definition) is 2. The maximum Gasteiger partial charge on any atom is 0.241 e. The monoisotopic (exact) mass is 273 g/mol. The van der Waals surface area contributed by atoms with E-state index in [2.05, 4.69) is 10.6 Å². The van der Waals surface area contributed by atoms with Crippen LogP contribution in [0, 0.1) is 0 Å². The zero-order valence-electron chi connectivity index (χ0n) is 11.2. The van der Waals surface area contributed by atoms with Crippen LogP contribution in [0.5, 0.6) is 0 Å². The molecule has 0 radical (unpaired) electrons. The van der Waals surface area contributed by atoms with Crippen LogP contribution in [-0.4, -0.2) is 60.9 Å². The fourth-order valence-corrected chi connectivity index (χ4v) is 2.75. The van der Waals surface area contributed by atoms with Gasteiger partial charge in [-0.3, -0.25) is 9.59 Å². The van der Waals surface area contributed by atoms with E-state index in [9.17, 15) is 9.59 Å². The molecule has 0 unspecified atom stereocenters. The van der Waals surface area contributed by atoms with Gasteiger partial charge in [-0.15, -0.1) is 11.8 Å². The number of nitrogens with one attached hydrogen (secondary N) is 2. The molecule has 6 heteroatoms. The molecule has 0 aromatic rings.